The van der Waals surface area contributed by atoms with Gasteiger partial charge >= 0.3 is 5.97 Å². The Kier molecular flexibility index (Phi) is 3.06. The number of rotatable bonds is 4. The highest BCUT2D eigenvalue weighted by Gasteiger charge is 2.08. The van der Waals surface area contributed by atoms with Gasteiger partial charge < -0.3 is 9.52 Å². The summed E-state index contributed by atoms with van der Waals surface area (Å²) >= 11 is 0. The Bertz CT molecular complexity index is 291. The molecule has 0 aliphatic heterocycles. The fourth-order valence-corrected chi connectivity index (χ4v) is 0.938. The summed E-state index contributed by atoms with van der Waals surface area (Å²) in [6, 6.07) is 0. The van der Waals surface area contributed by atoms with Gasteiger partial charge in [-0.2, -0.15) is 0 Å². The first kappa shape index (κ1) is 9.77. The van der Waals surface area contributed by atoms with Gasteiger partial charge in [0.1, 0.15) is 6.26 Å². The lowest BCUT2D eigenvalue weighted by Gasteiger charge is -1.94. The van der Waals surface area contributed by atoms with Crippen LogP contribution in [0.1, 0.15) is 37.8 Å². The maximum atomic E-state index is 10.3. The third kappa shape index (κ3) is 2.89. The van der Waals surface area contributed by atoms with Gasteiger partial charge in [0.2, 0.25) is 0 Å². The Morgan fingerprint density at radius 2 is 2.38 bits per heavy atom. The molecule has 4 nitrogen and oxygen atoms in total. The van der Waals surface area contributed by atoms with Crippen LogP contribution < -0.4 is 0 Å². The zero-order chi connectivity index (χ0) is 9.84. The molecule has 13 heavy (non-hydrogen) atoms. The Morgan fingerprint density at radius 3 is 2.85 bits per heavy atom. The van der Waals surface area contributed by atoms with Gasteiger partial charge in [-0.05, 0) is 0 Å². The minimum absolute atomic E-state index is 0.101. The van der Waals surface area contributed by atoms with Crippen molar-refractivity contribution in [2.45, 2.75) is 32.6 Å². The summed E-state index contributed by atoms with van der Waals surface area (Å²) < 4.78 is 5.15. The summed E-state index contributed by atoms with van der Waals surface area (Å²) in [5.74, 6) is 0.105. The highest BCUT2D eigenvalue weighted by atomic mass is 16.4. The standard InChI is InChI=1S/C9H13NO3/c1-6(2)9-10-7(5-13-9)3-4-8(11)12/h5-6H,3-4H2,1-2H3,(H,11,12). The van der Waals surface area contributed by atoms with Gasteiger partial charge in [-0.15, -0.1) is 0 Å². The van der Waals surface area contributed by atoms with Crippen molar-refractivity contribution < 1.29 is 14.3 Å². The van der Waals surface area contributed by atoms with Gasteiger partial charge in [0.15, 0.2) is 5.89 Å². The zero-order valence-corrected chi connectivity index (χ0v) is 7.78. The van der Waals surface area contributed by atoms with Crippen molar-refractivity contribution in [3.63, 3.8) is 0 Å². The van der Waals surface area contributed by atoms with E-state index in [4.69, 9.17) is 9.52 Å². The number of carboxylic acids is 1. The summed E-state index contributed by atoms with van der Waals surface area (Å²) in [4.78, 5) is 14.4. The van der Waals surface area contributed by atoms with Crippen LogP contribution in [0.5, 0.6) is 0 Å². The first-order valence-electron chi connectivity index (χ1n) is 4.25. The van der Waals surface area contributed by atoms with Crippen molar-refractivity contribution in [2.75, 3.05) is 0 Å². The molecule has 0 amide bonds. The van der Waals surface area contributed by atoms with E-state index in [2.05, 4.69) is 4.98 Å². The highest BCUT2D eigenvalue weighted by Crippen LogP contribution is 2.13. The van der Waals surface area contributed by atoms with Crippen LogP contribution in [-0.4, -0.2) is 16.1 Å². The predicted molar refractivity (Wildman–Crippen MR) is 46.5 cm³/mol. The third-order valence-corrected chi connectivity index (χ3v) is 1.66. The molecule has 72 valence electrons. The lowest BCUT2D eigenvalue weighted by molar-refractivity contribution is -0.136. The SMILES string of the molecule is CC(C)c1nc(CCC(=O)O)co1. The van der Waals surface area contributed by atoms with E-state index >= 15 is 0 Å². The van der Waals surface area contributed by atoms with Crippen molar-refractivity contribution in [1.82, 2.24) is 4.98 Å². The van der Waals surface area contributed by atoms with Gasteiger partial charge in [-0.25, -0.2) is 4.98 Å². The molecule has 1 N–H and O–H groups in total. The summed E-state index contributed by atoms with van der Waals surface area (Å²) in [6.07, 6.45) is 2.06. The molecule has 0 aliphatic rings. The second-order valence-corrected chi connectivity index (χ2v) is 3.23. The molecule has 0 spiro atoms. The van der Waals surface area contributed by atoms with E-state index in [0.717, 1.165) is 0 Å². The average Bonchev–Trinajstić information content (AvgIpc) is 2.48. The Balaban J connectivity index is 2.54. The van der Waals surface area contributed by atoms with E-state index < -0.39 is 5.97 Å². The predicted octanol–water partition coefficient (Wildman–Crippen LogP) is 1.82. The molecular weight excluding hydrogens is 170 g/mol. The molecule has 0 aliphatic carbocycles. The highest BCUT2D eigenvalue weighted by molar-refractivity contribution is 5.66. The number of aliphatic carboxylic acids is 1. The van der Waals surface area contributed by atoms with Gasteiger partial charge in [0.25, 0.3) is 0 Å². The van der Waals surface area contributed by atoms with Gasteiger partial charge in [0.05, 0.1) is 12.1 Å². The van der Waals surface area contributed by atoms with Crippen LogP contribution in [-0.2, 0) is 11.2 Å². The Morgan fingerprint density at radius 1 is 1.69 bits per heavy atom. The Hall–Kier alpha value is -1.32. The first-order chi connectivity index (χ1) is 6.09. The van der Waals surface area contributed by atoms with E-state index in [1.807, 2.05) is 13.8 Å². The fourth-order valence-electron chi connectivity index (χ4n) is 0.938. The van der Waals surface area contributed by atoms with Crippen LogP contribution in [0.15, 0.2) is 10.7 Å². The minimum Gasteiger partial charge on any atom is -0.481 e. The summed E-state index contributed by atoms with van der Waals surface area (Å²) in [5, 5.41) is 8.43. The van der Waals surface area contributed by atoms with Crippen LogP contribution in [0.2, 0.25) is 0 Å². The van der Waals surface area contributed by atoms with E-state index in [9.17, 15) is 4.79 Å². The number of hydrogen-bond donors (Lipinski definition) is 1. The molecule has 0 saturated carbocycles. The average molecular weight is 183 g/mol. The monoisotopic (exact) mass is 183 g/mol. The Labute approximate surface area is 76.6 Å². The molecule has 1 heterocycles. The number of carboxylic acid groups (broad SMARTS) is 1. The molecule has 1 rings (SSSR count). The van der Waals surface area contributed by atoms with Gasteiger partial charge in [0, 0.05) is 12.3 Å². The number of oxazole rings is 1. The van der Waals surface area contributed by atoms with Crippen molar-refractivity contribution in [3.8, 4) is 0 Å². The minimum atomic E-state index is -0.811. The van der Waals surface area contributed by atoms with Gasteiger partial charge in [-0.3, -0.25) is 4.79 Å². The molecule has 0 saturated heterocycles. The molecule has 0 bridgehead atoms. The molecule has 0 radical (unpaired) electrons. The van der Waals surface area contributed by atoms with E-state index in [-0.39, 0.29) is 12.3 Å². The molecule has 0 unspecified atom stereocenters. The van der Waals surface area contributed by atoms with Crippen molar-refractivity contribution >= 4 is 5.97 Å². The van der Waals surface area contributed by atoms with Crippen LogP contribution in [0.25, 0.3) is 0 Å². The third-order valence-electron chi connectivity index (χ3n) is 1.66. The molecule has 4 heteroatoms. The number of hydrogen-bond acceptors (Lipinski definition) is 3. The summed E-state index contributed by atoms with van der Waals surface area (Å²) in [7, 11) is 0. The van der Waals surface area contributed by atoms with E-state index in [1.54, 1.807) is 0 Å². The zero-order valence-electron chi connectivity index (χ0n) is 7.78. The van der Waals surface area contributed by atoms with Crippen molar-refractivity contribution in [1.29, 1.82) is 0 Å². The molecule has 0 atom stereocenters. The van der Waals surface area contributed by atoms with Crippen LogP contribution >= 0.6 is 0 Å². The molecule has 1 aromatic rings. The summed E-state index contributed by atoms with van der Waals surface area (Å²) in [5.41, 5.74) is 0.714. The number of aromatic nitrogens is 1. The lowest BCUT2D eigenvalue weighted by Crippen LogP contribution is -1.98. The number of aryl methyl sites for hydroxylation is 1. The second-order valence-electron chi connectivity index (χ2n) is 3.23. The van der Waals surface area contributed by atoms with E-state index in [1.165, 1.54) is 6.26 Å². The van der Waals surface area contributed by atoms with Crippen LogP contribution in [0, 0.1) is 0 Å². The quantitative estimate of drug-likeness (QED) is 0.773. The maximum Gasteiger partial charge on any atom is 0.303 e. The molecule has 0 fully saturated rings. The molecular formula is C9H13NO3. The summed E-state index contributed by atoms with van der Waals surface area (Å²) in [6.45, 7) is 3.96. The fraction of sp³-hybridized carbons (Fsp3) is 0.556. The maximum absolute atomic E-state index is 10.3. The topological polar surface area (TPSA) is 63.3 Å². The van der Waals surface area contributed by atoms with Crippen LogP contribution in [0.4, 0.5) is 0 Å². The number of carbonyl (C=O) groups is 1. The van der Waals surface area contributed by atoms with Gasteiger partial charge in [-0.1, -0.05) is 13.8 Å². The lowest BCUT2D eigenvalue weighted by atomic mass is 10.2. The van der Waals surface area contributed by atoms with E-state index in [0.29, 0.717) is 18.0 Å². The number of nitrogens with zero attached hydrogens (tertiary/aromatic N) is 1. The molecule has 0 aromatic carbocycles. The normalized spacial score (nSPS) is 10.7. The van der Waals surface area contributed by atoms with Crippen molar-refractivity contribution in [2.24, 2.45) is 0 Å². The van der Waals surface area contributed by atoms with Crippen LogP contribution in [0.3, 0.4) is 0 Å². The smallest absolute Gasteiger partial charge is 0.303 e. The van der Waals surface area contributed by atoms with Crippen molar-refractivity contribution in [3.05, 3.63) is 17.8 Å². The molecule has 1 aromatic heterocycles. The first-order valence-corrected chi connectivity index (χ1v) is 4.25. The largest absolute Gasteiger partial charge is 0.481 e. The second kappa shape index (κ2) is 4.07.